The lowest BCUT2D eigenvalue weighted by Crippen LogP contribution is -2.29. The van der Waals surface area contributed by atoms with Crippen molar-refractivity contribution in [3.63, 3.8) is 0 Å². The summed E-state index contributed by atoms with van der Waals surface area (Å²) in [6.07, 6.45) is 5.41. The van der Waals surface area contributed by atoms with Crippen molar-refractivity contribution in [2.75, 3.05) is 13.6 Å². The van der Waals surface area contributed by atoms with E-state index in [1.165, 1.54) is 4.90 Å². The topological polar surface area (TPSA) is 75.4 Å². The molecule has 16 heavy (non-hydrogen) atoms. The highest BCUT2D eigenvalue weighted by molar-refractivity contribution is 5.76. The Bertz CT molecular complexity index is 348. The van der Waals surface area contributed by atoms with Gasteiger partial charge in [-0.1, -0.05) is 0 Å². The zero-order chi connectivity index (χ0) is 12.0. The SMILES string of the molecule is CN(CCC(=O)O)C(=O)CCn1ccnc1. The van der Waals surface area contributed by atoms with Crippen LogP contribution >= 0.6 is 0 Å². The average molecular weight is 225 g/mol. The number of carbonyl (C=O) groups excluding carboxylic acids is 1. The number of carbonyl (C=O) groups is 2. The maximum atomic E-state index is 11.6. The van der Waals surface area contributed by atoms with Crippen molar-refractivity contribution in [1.29, 1.82) is 0 Å². The minimum atomic E-state index is -0.894. The Balaban J connectivity index is 2.26. The van der Waals surface area contributed by atoms with Gasteiger partial charge in [0.25, 0.3) is 0 Å². The summed E-state index contributed by atoms with van der Waals surface area (Å²) in [5.41, 5.74) is 0. The van der Waals surface area contributed by atoms with E-state index in [1.807, 2.05) is 4.57 Å². The number of aromatic nitrogens is 2. The van der Waals surface area contributed by atoms with E-state index in [-0.39, 0.29) is 18.9 Å². The molecule has 0 saturated carbocycles. The fraction of sp³-hybridized carbons (Fsp3) is 0.500. The first-order valence-electron chi connectivity index (χ1n) is 5.01. The molecule has 0 aliphatic rings. The lowest BCUT2D eigenvalue weighted by Gasteiger charge is -2.15. The van der Waals surface area contributed by atoms with Crippen molar-refractivity contribution < 1.29 is 14.7 Å². The maximum Gasteiger partial charge on any atom is 0.305 e. The van der Waals surface area contributed by atoms with Crippen LogP contribution in [-0.4, -0.2) is 45.0 Å². The van der Waals surface area contributed by atoms with Crippen molar-refractivity contribution in [3.8, 4) is 0 Å². The second-order valence-corrected chi connectivity index (χ2v) is 3.51. The van der Waals surface area contributed by atoms with E-state index < -0.39 is 5.97 Å². The first kappa shape index (κ1) is 12.2. The van der Waals surface area contributed by atoms with Gasteiger partial charge in [-0.2, -0.15) is 0 Å². The standard InChI is InChI=1S/C10H15N3O3/c1-12(5-3-10(15)16)9(14)2-6-13-7-4-11-8-13/h4,7-8H,2-3,5-6H2,1H3,(H,15,16). The molecule has 6 nitrogen and oxygen atoms in total. The van der Waals surface area contributed by atoms with Crippen molar-refractivity contribution in [1.82, 2.24) is 14.5 Å². The van der Waals surface area contributed by atoms with Gasteiger partial charge in [-0.15, -0.1) is 0 Å². The van der Waals surface area contributed by atoms with Gasteiger partial charge in [0, 0.05) is 39.0 Å². The van der Waals surface area contributed by atoms with E-state index in [0.29, 0.717) is 13.0 Å². The number of carboxylic acid groups (broad SMARTS) is 1. The van der Waals surface area contributed by atoms with Crippen LogP contribution in [0.5, 0.6) is 0 Å². The van der Waals surface area contributed by atoms with Crippen molar-refractivity contribution in [2.45, 2.75) is 19.4 Å². The summed E-state index contributed by atoms with van der Waals surface area (Å²) in [5.74, 6) is -0.954. The third kappa shape index (κ3) is 4.12. The van der Waals surface area contributed by atoms with Gasteiger partial charge in [-0.25, -0.2) is 4.98 Å². The molecular formula is C10H15N3O3. The molecule has 0 aliphatic carbocycles. The van der Waals surface area contributed by atoms with Crippen LogP contribution in [-0.2, 0) is 16.1 Å². The van der Waals surface area contributed by atoms with Crippen LogP contribution in [0, 0.1) is 0 Å². The number of nitrogens with zero attached hydrogens (tertiary/aromatic N) is 3. The van der Waals surface area contributed by atoms with Gasteiger partial charge in [0.1, 0.15) is 0 Å². The molecule has 0 saturated heterocycles. The van der Waals surface area contributed by atoms with E-state index in [4.69, 9.17) is 5.11 Å². The van der Waals surface area contributed by atoms with E-state index in [1.54, 1.807) is 25.8 Å². The summed E-state index contributed by atoms with van der Waals surface area (Å²) in [6.45, 7) is 0.814. The van der Waals surface area contributed by atoms with Crippen LogP contribution in [0.3, 0.4) is 0 Å². The van der Waals surface area contributed by atoms with Gasteiger partial charge < -0.3 is 14.6 Å². The van der Waals surface area contributed by atoms with Crippen LogP contribution in [0.2, 0.25) is 0 Å². The van der Waals surface area contributed by atoms with Crippen molar-refractivity contribution in [3.05, 3.63) is 18.7 Å². The minimum absolute atomic E-state index is 0.0205. The highest BCUT2D eigenvalue weighted by Crippen LogP contribution is 1.97. The van der Waals surface area contributed by atoms with Gasteiger partial charge in [0.05, 0.1) is 12.7 Å². The fourth-order valence-electron chi connectivity index (χ4n) is 1.22. The molecule has 0 aromatic carbocycles. The van der Waals surface area contributed by atoms with E-state index in [9.17, 15) is 9.59 Å². The molecule has 0 radical (unpaired) electrons. The molecule has 0 aliphatic heterocycles. The molecular weight excluding hydrogens is 210 g/mol. The van der Waals surface area contributed by atoms with Crippen LogP contribution in [0.4, 0.5) is 0 Å². The second-order valence-electron chi connectivity index (χ2n) is 3.51. The molecule has 1 rings (SSSR count). The zero-order valence-corrected chi connectivity index (χ0v) is 9.17. The van der Waals surface area contributed by atoms with Gasteiger partial charge in [-0.05, 0) is 0 Å². The molecule has 1 aromatic rings. The van der Waals surface area contributed by atoms with Gasteiger partial charge in [-0.3, -0.25) is 9.59 Å². The molecule has 6 heteroatoms. The molecule has 1 amide bonds. The zero-order valence-electron chi connectivity index (χ0n) is 9.17. The average Bonchev–Trinajstić information content (AvgIpc) is 2.75. The predicted molar refractivity (Wildman–Crippen MR) is 56.7 cm³/mol. The summed E-state index contributed by atoms with van der Waals surface area (Å²) in [6, 6.07) is 0. The minimum Gasteiger partial charge on any atom is -0.481 e. The fourth-order valence-corrected chi connectivity index (χ4v) is 1.22. The van der Waals surface area contributed by atoms with Crippen LogP contribution in [0.25, 0.3) is 0 Å². The van der Waals surface area contributed by atoms with Gasteiger partial charge >= 0.3 is 5.97 Å². The van der Waals surface area contributed by atoms with Gasteiger partial charge in [0.15, 0.2) is 0 Å². The molecule has 0 bridgehead atoms. The Morgan fingerprint density at radius 2 is 2.19 bits per heavy atom. The first-order chi connectivity index (χ1) is 7.59. The Labute approximate surface area is 93.5 Å². The third-order valence-corrected chi connectivity index (χ3v) is 2.23. The summed E-state index contributed by atoms with van der Waals surface area (Å²) < 4.78 is 1.81. The van der Waals surface area contributed by atoms with Crippen molar-refractivity contribution >= 4 is 11.9 Å². The number of hydrogen-bond acceptors (Lipinski definition) is 3. The Morgan fingerprint density at radius 3 is 2.75 bits per heavy atom. The smallest absolute Gasteiger partial charge is 0.305 e. The van der Waals surface area contributed by atoms with E-state index >= 15 is 0 Å². The normalized spacial score (nSPS) is 10.1. The number of hydrogen-bond donors (Lipinski definition) is 1. The highest BCUT2D eigenvalue weighted by Gasteiger charge is 2.09. The number of imidazole rings is 1. The maximum absolute atomic E-state index is 11.6. The highest BCUT2D eigenvalue weighted by atomic mass is 16.4. The number of amides is 1. The van der Waals surface area contributed by atoms with Crippen LogP contribution in [0.1, 0.15) is 12.8 Å². The molecule has 0 unspecified atom stereocenters. The number of aliphatic carboxylic acids is 1. The molecule has 0 fully saturated rings. The van der Waals surface area contributed by atoms with Gasteiger partial charge in [0.2, 0.25) is 5.91 Å². The third-order valence-electron chi connectivity index (χ3n) is 2.23. The van der Waals surface area contributed by atoms with E-state index in [0.717, 1.165) is 0 Å². The molecule has 1 N–H and O–H groups in total. The molecule has 1 heterocycles. The first-order valence-corrected chi connectivity index (χ1v) is 5.01. The Morgan fingerprint density at radius 1 is 1.44 bits per heavy atom. The Kier molecular flexibility index (Phi) is 4.50. The quantitative estimate of drug-likeness (QED) is 0.750. The molecule has 0 atom stereocenters. The lowest BCUT2D eigenvalue weighted by atomic mass is 10.3. The van der Waals surface area contributed by atoms with Crippen LogP contribution in [0.15, 0.2) is 18.7 Å². The Hall–Kier alpha value is -1.85. The summed E-state index contributed by atoms with van der Waals surface area (Å²) >= 11 is 0. The second kappa shape index (κ2) is 5.89. The summed E-state index contributed by atoms with van der Waals surface area (Å²) in [7, 11) is 1.61. The summed E-state index contributed by atoms with van der Waals surface area (Å²) in [4.78, 5) is 27.2. The monoisotopic (exact) mass is 225 g/mol. The van der Waals surface area contributed by atoms with Crippen molar-refractivity contribution in [2.24, 2.45) is 0 Å². The number of rotatable bonds is 6. The predicted octanol–water partition coefficient (Wildman–Crippen LogP) is 0.206. The number of aryl methyl sites for hydroxylation is 1. The van der Waals surface area contributed by atoms with Crippen LogP contribution < -0.4 is 0 Å². The molecule has 1 aromatic heterocycles. The summed E-state index contributed by atoms with van der Waals surface area (Å²) in [5, 5.41) is 8.47. The van der Waals surface area contributed by atoms with E-state index in [2.05, 4.69) is 4.98 Å². The number of carboxylic acids is 1. The molecule has 88 valence electrons. The molecule has 0 spiro atoms. The largest absolute Gasteiger partial charge is 0.481 e. The lowest BCUT2D eigenvalue weighted by molar-refractivity contribution is -0.138.